The van der Waals surface area contributed by atoms with Crippen LogP contribution in [0.3, 0.4) is 0 Å². The molecule has 0 fully saturated rings. The molecular weight excluding hydrogens is 152 g/mol. The van der Waals surface area contributed by atoms with Crippen LogP contribution < -0.4 is 0 Å². The minimum Gasteiger partial charge on any atom is -0.466 e. The topological polar surface area (TPSA) is 30.2 Å². The molecule has 0 aliphatic carbocycles. The second-order valence-corrected chi connectivity index (χ2v) is 2.69. The molecule has 64 valence electrons. The third kappa shape index (κ3) is 1.64. The number of hydrogen-bond acceptors (Lipinski definition) is 2. The lowest BCUT2D eigenvalue weighted by molar-refractivity contribution is 0.104. The van der Waals surface area contributed by atoms with Crippen molar-refractivity contribution in [2.45, 2.75) is 20.8 Å². The van der Waals surface area contributed by atoms with E-state index in [4.69, 9.17) is 4.42 Å². The second-order valence-electron chi connectivity index (χ2n) is 2.69. The number of furan rings is 1. The highest BCUT2D eigenvalue weighted by atomic mass is 16.3. The van der Waals surface area contributed by atoms with Gasteiger partial charge in [-0.1, -0.05) is 6.08 Å². The third-order valence-corrected chi connectivity index (χ3v) is 1.62. The lowest BCUT2D eigenvalue weighted by atomic mass is 10.1. The summed E-state index contributed by atoms with van der Waals surface area (Å²) in [5, 5.41) is 0. The summed E-state index contributed by atoms with van der Waals surface area (Å²) in [5.74, 6) is 1.47. The van der Waals surface area contributed by atoms with Crippen LogP contribution in [-0.4, -0.2) is 5.78 Å². The Bertz CT molecular complexity index is 319. The van der Waals surface area contributed by atoms with Crippen LogP contribution >= 0.6 is 0 Å². The van der Waals surface area contributed by atoms with Crippen LogP contribution in [0.5, 0.6) is 0 Å². The van der Waals surface area contributed by atoms with Crippen molar-refractivity contribution in [3.8, 4) is 0 Å². The molecular formula is C10H12O2. The molecule has 0 aromatic carbocycles. The second kappa shape index (κ2) is 3.39. The van der Waals surface area contributed by atoms with Crippen LogP contribution in [0.4, 0.5) is 0 Å². The molecule has 0 radical (unpaired) electrons. The first-order valence-corrected chi connectivity index (χ1v) is 3.89. The van der Waals surface area contributed by atoms with Crippen molar-refractivity contribution in [2.24, 2.45) is 0 Å². The highest BCUT2D eigenvalue weighted by molar-refractivity contribution is 6.05. The van der Waals surface area contributed by atoms with E-state index >= 15 is 0 Å². The molecule has 0 aliphatic rings. The van der Waals surface area contributed by atoms with Crippen molar-refractivity contribution < 1.29 is 9.21 Å². The number of hydrogen-bond donors (Lipinski definition) is 0. The minimum atomic E-state index is 0.00634. The molecule has 0 amide bonds. The van der Waals surface area contributed by atoms with Gasteiger partial charge in [0.25, 0.3) is 0 Å². The fourth-order valence-electron chi connectivity index (χ4n) is 1.12. The molecule has 0 spiro atoms. The summed E-state index contributed by atoms with van der Waals surface area (Å²) in [6, 6.07) is 1.76. The molecule has 1 aromatic rings. The Morgan fingerprint density at radius 1 is 1.50 bits per heavy atom. The Hall–Kier alpha value is -1.31. The van der Waals surface area contributed by atoms with E-state index in [2.05, 4.69) is 0 Å². The van der Waals surface area contributed by atoms with Crippen molar-refractivity contribution in [2.75, 3.05) is 0 Å². The van der Waals surface area contributed by atoms with Gasteiger partial charge in [-0.3, -0.25) is 4.79 Å². The van der Waals surface area contributed by atoms with E-state index in [0.29, 0.717) is 11.3 Å². The van der Waals surface area contributed by atoms with Crippen LogP contribution in [0.15, 0.2) is 22.6 Å². The van der Waals surface area contributed by atoms with Gasteiger partial charge in [-0.15, -0.1) is 0 Å². The lowest BCUT2D eigenvalue weighted by Crippen LogP contribution is -1.93. The van der Waals surface area contributed by atoms with Crippen LogP contribution in [0.1, 0.15) is 28.8 Å². The molecule has 0 bridgehead atoms. The van der Waals surface area contributed by atoms with Gasteiger partial charge >= 0.3 is 0 Å². The van der Waals surface area contributed by atoms with Gasteiger partial charge in [0.2, 0.25) is 0 Å². The predicted octanol–water partition coefficient (Wildman–Crippen LogP) is 2.66. The standard InChI is InChI=1S/C10H12O2/c1-4-5-10(11)9-6-7(2)12-8(9)3/h4-6H,1-3H3/b5-4+. The number of carbonyl (C=O) groups excluding carboxylic acids is 1. The van der Waals surface area contributed by atoms with Crippen LogP contribution in [0.25, 0.3) is 0 Å². The minimum absolute atomic E-state index is 0.00634. The molecule has 0 saturated carbocycles. The van der Waals surface area contributed by atoms with E-state index in [1.165, 1.54) is 6.08 Å². The first kappa shape index (κ1) is 8.78. The van der Waals surface area contributed by atoms with E-state index in [1.54, 1.807) is 19.1 Å². The molecule has 0 N–H and O–H groups in total. The van der Waals surface area contributed by atoms with Crippen molar-refractivity contribution in [3.05, 3.63) is 35.3 Å². The van der Waals surface area contributed by atoms with E-state index in [-0.39, 0.29) is 5.78 Å². The highest BCUT2D eigenvalue weighted by Crippen LogP contribution is 2.14. The number of aryl methyl sites for hydroxylation is 2. The maximum Gasteiger partial charge on any atom is 0.189 e. The van der Waals surface area contributed by atoms with Crippen molar-refractivity contribution in [1.82, 2.24) is 0 Å². The van der Waals surface area contributed by atoms with Crippen molar-refractivity contribution in [3.63, 3.8) is 0 Å². The molecule has 0 atom stereocenters. The van der Waals surface area contributed by atoms with E-state index in [1.807, 2.05) is 13.8 Å². The van der Waals surface area contributed by atoms with E-state index in [9.17, 15) is 4.79 Å². The average Bonchev–Trinajstić information content (AvgIpc) is 2.30. The summed E-state index contributed by atoms with van der Waals surface area (Å²) >= 11 is 0. The van der Waals surface area contributed by atoms with E-state index in [0.717, 1.165) is 5.76 Å². The summed E-state index contributed by atoms with van der Waals surface area (Å²) in [7, 11) is 0. The summed E-state index contributed by atoms with van der Waals surface area (Å²) < 4.78 is 5.23. The van der Waals surface area contributed by atoms with Gasteiger partial charge in [-0.05, 0) is 32.9 Å². The SMILES string of the molecule is C/C=C/C(=O)c1cc(C)oc1C. The molecule has 12 heavy (non-hydrogen) atoms. The molecule has 0 saturated heterocycles. The van der Waals surface area contributed by atoms with Crippen molar-refractivity contribution in [1.29, 1.82) is 0 Å². The molecule has 1 aromatic heterocycles. The normalized spacial score (nSPS) is 10.9. The van der Waals surface area contributed by atoms with Crippen LogP contribution in [-0.2, 0) is 0 Å². The zero-order valence-corrected chi connectivity index (χ0v) is 7.55. The quantitative estimate of drug-likeness (QED) is 0.497. The van der Waals surface area contributed by atoms with Gasteiger partial charge in [0.15, 0.2) is 5.78 Å². The zero-order valence-electron chi connectivity index (χ0n) is 7.55. The highest BCUT2D eigenvalue weighted by Gasteiger charge is 2.09. The zero-order chi connectivity index (χ0) is 9.14. The summed E-state index contributed by atoms with van der Waals surface area (Å²) in [4.78, 5) is 11.3. The Kier molecular flexibility index (Phi) is 2.48. The number of carbonyl (C=O) groups is 1. The third-order valence-electron chi connectivity index (χ3n) is 1.62. The van der Waals surface area contributed by atoms with Gasteiger partial charge in [-0.25, -0.2) is 0 Å². The Morgan fingerprint density at radius 3 is 2.58 bits per heavy atom. The molecule has 1 rings (SSSR count). The van der Waals surface area contributed by atoms with Gasteiger partial charge in [-0.2, -0.15) is 0 Å². The fourth-order valence-corrected chi connectivity index (χ4v) is 1.12. The first-order chi connectivity index (χ1) is 5.65. The maximum atomic E-state index is 11.3. The lowest BCUT2D eigenvalue weighted by Gasteiger charge is -1.89. The molecule has 0 unspecified atom stereocenters. The van der Waals surface area contributed by atoms with E-state index < -0.39 is 0 Å². The molecule has 1 heterocycles. The summed E-state index contributed by atoms with van der Waals surface area (Å²) in [5.41, 5.74) is 0.658. The number of allylic oxidation sites excluding steroid dienone is 2. The summed E-state index contributed by atoms with van der Waals surface area (Å²) in [6.07, 6.45) is 3.27. The Labute approximate surface area is 71.9 Å². The number of rotatable bonds is 2. The van der Waals surface area contributed by atoms with Gasteiger partial charge in [0.1, 0.15) is 11.5 Å². The largest absolute Gasteiger partial charge is 0.466 e. The van der Waals surface area contributed by atoms with Crippen LogP contribution in [0.2, 0.25) is 0 Å². The Balaban J connectivity index is 3.02. The number of ketones is 1. The monoisotopic (exact) mass is 164 g/mol. The molecule has 2 heteroatoms. The average molecular weight is 164 g/mol. The van der Waals surface area contributed by atoms with Crippen molar-refractivity contribution >= 4 is 5.78 Å². The molecule has 0 aliphatic heterocycles. The van der Waals surface area contributed by atoms with Gasteiger partial charge < -0.3 is 4.42 Å². The molecule has 2 nitrogen and oxygen atoms in total. The summed E-state index contributed by atoms with van der Waals surface area (Å²) in [6.45, 7) is 5.45. The predicted molar refractivity (Wildman–Crippen MR) is 47.3 cm³/mol. The Morgan fingerprint density at radius 2 is 2.17 bits per heavy atom. The van der Waals surface area contributed by atoms with Crippen LogP contribution in [0, 0.1) is 13.8 Å². The van der Waals surface area contributed by atoms with Gasteiger partial charge in [0, 0.05) is 0 Å². The maximum absolute atomic E-state index is 11.3. The smallest absolute Gasteiger partial charge is 0.189 e. The fraction of sp³-hybridized carbons (Fsp3) is 0.300. The first-order valence-electron chi connectivity index (χ1n) is 3.89. The van der Waals surface area contributed by atoms with Gasteiger partial charge in [0.05, 0.1) is 5.56 Å².